The fraction of sp³-hybridized carbons (Fsp3) is 0.240. The van der Waals surface area contributed by atoms with Crippen molar-refractivity contribution >= 4 is 27.3 Å². The number of carbonyl (C=O) groups is 1. The van der Waals surface area contributed by atoms with Crippen LogP contribution in [0.15, 0.2) is 78.9 Å². The molecule has 0 fully saturated rings. The summed E-state index contributed by atoms with van der Waals surface area (Å²) in [4.78, 5) is 15.4. The Morgan fingerprint density at radius 3 is 2.28 bits per heavy atom. The zero-order valence-corrected chi connectivity index (χ0v) is 19.1. The second-order valence-electron chi connectivity index (χ2n) is 7.93. The Hall–Kier alpha value is -3.32. The molecule has 6 nitrogen and oxygen atoms in total. The highest BCUT2D eigenvalue weighted by atomic mass is 32.2. The van der Waals surface area contributed by atoms with Crippen LogP contribution in [0.2, 0.25) is 0 Å². The molecule has 1 amide bonds. The van der Waals surface area contributed by atoms with Crippen molar-refractivity contribution < 1.29 is 17.9 Å². The lowest BCUT2D eigenvalue weighted by Crippen LogP contribution is -2.47. The summed E-state index contributed by atoms with van der Waals surface area (Å²) < 4.78 is 32.7. The average molecular weight is 451 g/mol. The molecule has 1 aliphatic rings. The van der Waals surface area contributed by atoms with Gasteiger partial charge in [-0.25, -0.2) is 8.42 Å². The van der Waals surface area contributed by atoms with Crippen LogP contribution < -0.4 is 13.9 Å². The molecule has 1 aliphatic heterocycles. The van der Waals surface area contributed by atoms with Crippen LogP contribution >= 0.6 is 0 Å². The van der Waals surface area contributed by atoms with Crippen LogP contribution in [0.25, 0.3) is 0 Å². The molecule has 0 aliphatic carbocycles. The summed E-state index contributed by atoms with van der Waals surface area (Å²) in [5.41, 5.74) is 2.57. The summed E-state index contributed by atoms with van der Waals surface area (Å²) in [6, 6.07) is 23.1. The monoisotopic (exact) mass is 450 g/mol. The number of anilines is 2. The summed E-state index contributed by atoms with van der Waals surface area (Å²) in [5.74, 6) is 0.331. The molecule has 0 spiro atoms. The van der Waals surface area contributed by atoms with Gasteiger partial charge in [0.25, 0.3) is 5.91 Å². The molecule has 0 bridgehead atoms. The second-order valence-corrected chi connectivity index (χ2v) is 9.79. The lowest BCUT2D eigenvalue weighted by atomic mass is 9.90. The molecule has 3 aromatic carbocycles. The third-order valence-corrected chi connectivity index (χ3v) is 6.95. The number of hydrogen-bond acceptors (Lipinski definition) is 4. The van der Waals surface area contributed by atoms with Gasteiger partial charge in [0.1, 0.15) is 5.75 Å². The Bertz CT molecular complexity index is 1230. The third kappa shape index (κ3) is 3.96. The van der Waals surface area contributed by atoms with E-state index in [0.29, 0.717) is 29.1 Å². The van der Waals surface area contributed by atoms with Gasteiger partial charge >= 0.3 is 0 Å². The minimum atomic E-state index is -3.57. The maximum atomic E-state index is 13.6. The first-order valence-corrected chi connectivity index (χ1v) is 12.3. The number of rotatable bonds is 5. The van der Waals surface area contributed by atoms with Crippen LogP contribution in [0, 0.1) is 0 Å². The van der Waals surface area contributed by atoms with Crippen LogP contribution in [-0.4, -0.2) is 33.7 Å². The normalized spacial score (nSPS) is 18.0. The van der Waals surface area contributed by atoms with Gasteiger partial charge in [-0.2, -0.15) is 0 Å². The van der Waals surface area contributed by atoms with Crippen molar-refractivity contribution in [2.45, 2.75) is 25.4 Å². The number of para-hydroxylation sites is 3. The number of fused-ring (bicyclic) bond motifs is 1. The van der Waals surface area contributed by atoms with E-state index in [-0.39, 0.29) is 11.9 Å². The van der Waals surface area contributed by atoms with Crippen molar-refractivity contribution in [2.24, 2.45) is 0 Å². The van der Waals surface area contributed by atoms with Gasteiger partial charge in [0.2, 0.25) is 10.0 Å². The van der Waals surface area contributed by atoms with E-state index in [1.165, 1.54) is 10.6 Å². The first-order chi connectivity index (χ1) is 15.3. The van der Waals surface area contributed by atoms with Crippen molar-refractivity contribution in [1.29, 1.82) is 0 Å². The zero-order chi connectivity index (χ0) is 22.9. The Balaban J connectivity index is 1.83. The van der Waals surface area contributed by atoms with Crippen molar-refractivity contribution in [3.8, 4) is 5.75 Å². The molecule has 1 heterocycles. The number of methoxy groups -OCH3 is 1. The molecule has 0 N–H and O–H groups in total. The van der Waals surface area contributed by atoms with Gasteiger partial charge in [-0.1, -0.05) is 48.5 Å². The lowest BCUT2D eigenvalue weighted by Gasteiger charge is -2.43. The quantitative estimate of drug-likeness (QED) is 0.568. The molecule has 0 aromatic heterocycles. The summed E-state index contributed by atoms with van der Waals surface area (Å²) in [6.45, 7) is 1.95. The highest BCUT2D eigenvalue weighted by Crippen LogP contribution is 2.44. The molecule has 32 heavy (non-hydrogen) atoms. The predicted octanol–water partition coefficient (Wildman–Crippen LogP) is 4.64. The van der Waals surface area contributed by atoms with E-state index in [2.05, 4.69) is 0 Å². The Morgan fingerprint density at radius 2 is 1.59 bits per heavy atom. The molecular weight excluding hydrogens is 424 g/mol. The SMILES string of the molecule is COc1ccccc1C(=O)N1c2ccccc2[C@H](N(c2ccccc2)S(C)(=O)=O)C[C@@H]1C. The van der Waals surface area contributed by atoms with Gasteiger partial charge < -0.3 is 9.64 Å². The van der Waals surface area contributed by atoms with Crippen LogP contribution in [0.4, 0.5) is 11.4 Å². The molecule has 7 heteroatoms. The van der Waals surface area contributed by atoms with E-state index < -0.39 is 16.1 Å². The first kappa shape index (κ1) is 21.9. The van der Waals surface area contributed by atoms with Crippen LogP contribution in [0.5, 0.6) is 5.75 Å². The predicted molar refractivity (Wildman–Crippen MR) is 127 cm³/mol. The van der Waals surface area contributed by atoms with E-state index in [1.54, 1.807) is 42.3 Å². The Kier molecular flexibility index (Phi) is 5.93. The standard InChI is InChI=1S/C25H26N2O4S/c1-18-17-23(27(32(3,29)30)19-11-5-4-6-12-19)20-13-7-9-15-22(20)26(18)25(28)21-14-8-10-16-24(21)31-2/h4-16,18,23H,17H2,1-3H3/t18-,23+/m0/s1. The summed E-state index contributed by atoms with van der Waals surface area (Å²) in [6.07, 6.45) is 1.68. The number of ether oxygens (including phenoxy) is 1. The Morgan fingerprint density at radius 1 is 0.969 bits per heavy atom. The van der Waals surface area contributed by atoms with Crippen molar-refractivity contribution in [1.82, 2.24) is 0 Å². The summed E-state index contributed by atoms with van der Waals surface area (Å²) in [7, 11) is -2.03. The minimum Gasteiger partial charge on any atom is -0.496 e. The second kappa shape index (κ2) is 8.67. The third-order valence-electron chi connectivity index (χ3n) is 5.77. The first-order valence-electron chi connectivity index (χ1n) is 10.4. The molecule has 0 saturated carbocycles. The molecule has 0 radical (unpaired) electrons. The van der Waals surface area contributed by atoms with Crippen LogP contribution in [0.3, 0.4) is 0 Å². The largest absolute Gasteiger partial charge is 0.496 e. The highest BCUT2D eigenvalue weighted by molar-refractivity contribution is 7.92. The van der Waals surface area contributed by atoms with E-state index in [4.69, 9.17) is 4.74 Å². The number of amides is 1. The molecule has 0 saturated heterocycles. The van der Waals surface area contributed by atoms with E-state index in [0.717, 1.165) is 5.56 Å². The van der Waals surface area contributed by atoms with Crippen molar-refractivity contribution in [2.75, 3.05) is 22.6 Å². The zero-order valence-electron chi connectivity index (χ0n) is 18.3. The van der Waals surface area contributed by atoms with Crippen molar-refractivity contribution in [3.05, 3.63) is 90.0 Å². The molecule has 2 atom stereocenters. The van der Waals surface area contributed by atoms with Gasteiger partial charge in [-0.3, -0.25) is 9.10 Å². The molecule has 3 aromatic rings. The molecule has 166 valence electrons. The number of sulfonamides is 1. The maximum Gasteiger partial charge on any atom is 0.262 e. The molecular formula is C25H26N2O4S. The highest BCUT2D eigenvalue weighted by Gasteiger charge is 2.40. The van der Waals surface area contributed by atoms with Gasteiger partial charge in [-0.05, 0) is 49.2 Å². The topological polar surface area (TPSA) is 66.9 Å². The van der Waals surface area contributed by atoms with E-state index in [1.807, 2.05) is 55.5 Å². The lowest BCUT2D eigenvalue weighted by molar-refractivity contribution is 0.0971. The van der Waals surface area contributed by atoms with E-state index in [9.17, 15) is 13.2 Å². The summed E-state index contributed by atoms with van der Waals surface area (Å²) >= 11 is 0. The maximum absolute atomic E-state index is 13.6. The number of nitrogens with zero attached hydrogens (tertiary/aromatic N) is 2. The van der Waals surface area contributed by atoms with E-state index >= 15 is 0 Å². The molecule has 4 rings (SSSR count). The number of hydrogen-bond donors (Lipinski definition) is 0. The fourth-order valence-electron chi connectivity index (χ4n) is 4.44. The summed E-state index contributed by atoms with van der Waals surface area (Å²) in [5, 5.41) is 0. The van der Waals surface area contributed by atoms with Gasteiger partial charge in [0.15, 0.2) is 0 Å². The number of carbonyl (C=O) groups excluding carboxylic acids is 1. The van der Waals surface area contributed by atoms with Crippen LogP contribution in [-0.2, 0) is 10.0 Å². The number of benzene rings is 3. The van der Waals surface area contributed by atoms with Gasteiger partial charge in [0.05, 0.1) is 30.7 Å². The van der Waals surface area contributed by atoms with Gasteiger partial charge in [-0.15, -0.1) is 0 Å². The minimum absolute atomic E-state index is 0.175. The smallest absolute Gasteiger partial charge is 0.262 e. The van der Waals surface area contributed by atoms with Crippen LogP contribution in [0.1, 0.15) is 35.3 Å². The Labute approximate surface area is 189 Å². The fourth-order valence-corrected chi connectivity index (χ4v) is 5.61. The van der Waals surface area contributed by atoms with Crippen molar-refractivity contribution in [3.63, 3.8) is 0 Å². The van der Waals surface area contributed by atoms with Gasteiger partial charge in [0, 0.05) is 11.7 Å². The average Bonchev–Trinajstić information content (AvgIpc) is 2.78. The molecule has 0 unspecified atom stereocenters.